The van der Waals surface area contributed by atoms with Crippen LogP contribution in [0.3, 0.4) is 0 Å². The summed E-state index contributed by atoms with van der Waals surface area (Å²) in [6.07, 6.45) is 9.41. The van der Waals surface area contributed by atoms with Gasteiger partial charge in [-0.1, -0.05) is 0 Å². The average molecular weight is 223 g/mol. The maximum absolute atomic E-state index is 4.47. The van der Waals surface area contributed by atoms with Crippen LogP contribution in [0.5, 0.6) is 0 Å². The first-order valence-corrected chi connectivity index (χ1v) is 4.88. The molecule has 15 heavy (non-hydrogen) atoms. The van der Waals surface area contributed by atoms with Crippen molar-refractivity contribution in [2.24, 2.45) is 0 Å². The Morgan fingerprint density at radius 3 is 2.07 bits per heavy atom. The monoisotopic (exact) mass is 223 g/mol. The molecule has 1 N–H and O–H groups in total. The number of oxazole rings is 1. The van der Waals surface area contributed by atoms with Crippen LogP contribution >= 0.6 is 11.3 Å². The van der Waals surface area contributed by atoms with Crippen LogP contribution in [0.1, 0.15) is 0 Å². The van der Waals surface area contributed by atoms with E-state index < -0.39 is 0 Å². The van der Waals surface area contributed by atoms with Gasteiger partial charge in [0.15, 0.2) is 6.39 Å². The summed E-state index contributed by atoms with van der Waals surface area (Å²) < 4.78 is 4.47. The van der Waals surface area contributed by atoms with Crippen LogP contribution in [0.15, 0.2) is 52.8 Å². The lowest BCUT2D eigenvalue weighted by Crippen LogP contribution is -1.61. The Hall–Kier alpha value is -2.02. The standard InChI is InChI=1S/C3H3NO.C3H3NS.C2H3N3/c2*1-2-5-3-4-1;1-2-4-5-3-1/h2*1-3H;1-2H,(H,3,4,5). The second kappa shape index (κ2) is 8.57. The minimum atomic E-state index is 1.38. The van der Waals surface area contributed by atoms with E-state index in [0.29, 0.717) is 0 Å². The van der Waals surface area contributed by atoms with E-state index in [0.717, 1.165) is 0 Å². The average Bonchev–Trinajstić information content (AvgIpc) is 3.09. The minimum Gasteiger partial charge on any atom is -0.452 e. The molecule has 0 saturated heterocycles. The van der Waals surface area contributed by atoms with Gasteiger partial charge in [-0.15, -0.1) is 11.3 Å². The van der Waals surface area contributed by atoms with Crippen molar-refractivity contribution >= 4 is 11.3 Å². The van der Waals surface area contributed by atoms with E-state index in [9.17, 15) is 0 Å². The SMILES string of the molecule is c1cn[nH]n1.c1cocn1.c1cscn1. The first-order valence-electron chi connectivity index (χ1n) is 3.94. The highest BCUT2D eigenvalue weighted by Gasteiger charge is 1.60. The van der Waals surface area contributed by atoms with Crippen molar-refractivity contribution in [1.29, 1.82) is 0 Å². The third-order valence-corrected chi connectivity index (χ3v) is 1.55. The summed E-state index contributed by atoms with van der Waals surface area (Å²) in [6.45, 7) is 0. The molecule has 0 amide bonds. The summed E-state index contributed by atoms with van der Waals surface area (Å²) in [6, 6.07) is 0. The summed E-state index contributed by atoms with van der Waals surface area (Å²) in [4.78, 5) is 7.30. The molecule has 0 radical (unpaired) electrons. The van der Waals surface area contributed by atoms with Gasteiger partial charge in [0.05, 0.1) is 24.1 Å². The topological polar surface area (TPSA) is 80.5 Å². The summed E-state index contributed by atoms with van der Waals surface area (Å²) in [7, 11) is 0. The Morgan fingerprint density at radius 2 is 1.87 bits per heavy atom. The van der Waals surface area contributed by atoms with Crippen LogP contribution in [0, 0.1) is 0 Å². The van der Waals surface area contributed by atoms with Crippen LogP contribution in [0.25, 0.3) is 0 Å². The van der Waals surface area contributed by atoms with Crippen molar-refractivity contribution in [2.75, 3.05) is 0 Å². The van der Waals surface area contributed by atoms with Gasteiger partial charge in [-0.2, -0.15) is 15.4 Å². The first-order chi connectivity index (χ1) is 7.50. The van der Waals surface area contributed by atoms with E-state index in [4.69, 9.17) is 0 Å². The van der Waals surface area contributed by atoms with Crippen LogP contribution in [0.2, 0.25) is 0 Å². The van der Waals surface area contributed by atoms with E-state index in [2.05, 4.69) is 29.8 Å². The molecule has 78 valence electrons. The highest BCUT2D eigenvalue weighted by Crippen LogP contribution is 1.85. The largest absolute Gasteiger partial charge is 0.452 e. The van der Waals surface area contributed by atoms with Gasteiger partial charge < -0.3 is 4.42 Å². The fourth-order valence-electron chi connectivity index (χ4n) is 0.518. The molecule has 0 unspecified atom stereocenters. The number of nitrogens with zero attached hydrogens (tertiary/aromatic N) is 4. The molecule has 6 nitrogen and oxygen atoms in total. The van der Waals surface area contributed by atoms with Gasteiger partial charge in [0.25, 0.3) is 0 Å². The van der Waals surface area contributed by atoms with Gasteiger partial charge in [0.1, 0.15) is 6.26 Å². The summed E-state index contributed by atoms with van der Waals surface area (Å²) >= 11 is 1.60. The van der Waals surface area contributed by atoms with Crippen molar-refractivity contribution in [2.45, 2.75) is 0 Å². The van der Waals surface area contributed by atoms with Gasteiger partial charge in [-0.25, -0.2) is 4.98 Å². The Labute approximate surface area is 90.0 Å². The van der Waals surface area contributed by atoms with Crippen molar-refractivity contribution in [3.63, 3.8) is 0 Å². The van der Waals surface area contributed by atoms with E-state index in [-0.39, 0.29) is 0 Å². The van der Waals surface area contributed by atoms with Gasteiger partial charge in [-0.3, -0.25) is 4.98 Å². The van der Waals surface area contributed by atoms with Gasteiger partial charge in [0.2, 0.25) is 0 Å². The second-order valence-corrected chi connectivity index (χ2v) is 2.76. The van der Waals surface area contributed by atoms with Crippen molar-refractivity contribution < 1.29 is 4.42 Å². The Morgan fingerprint density at radius 1 is 1.00 bits per heavy atom. The van der Waals surface area contributed by atoms with E-state index in [1.807, 2.05) is 5.38 Å². The summed E-state index contributed by atoms with van der Waals surface area (Å²) in [5.41, 5.74) is 1.79. The van der Waals surface area contributed by atoms with Crippen molar-refractivity contribution in [3.8, 4) is 0 Å². The summed E-state index contributed by atoms with van der Waals surface area (Å²) in [5.74, 6) is 0. The van der Waals surface area contributed by atoms with Crippen LogP contribution < -0.4 is 0 Å². The van der Waals surface area contributed by atoms with Crippen molar-refractivity contribution in [1.82, 2.24) is 25.4 Å². The molecule has 0 bridgehead atoms. The molecule has 3 heterocycles. The second-order valence-electron chi connectivity index (χ2n) is 2.01. The lowest BCUT2D eigenvalue weighted by Gasteiger charge is -1.48. The number of thiazole rings is 1. The zero-order chi connectivity index (χ0) is 10.6. The lowest BCUT2D eigenvalue weighted by molar-refractivity contribution is 0.558. The van der Waals surface area contributed by atoms with Crippen molar-refractivity contribution in [3.05, 3.63) is 48.3 Å². The number of aromatic nitrogens is 5. The predicted octanol–water partition coefficient (Wildman–Crippen LogP) is 1.62. The molecule has 7 heteroatoms. The fraction of sp³-hybridized carbons (Fsp3) is 0. The maximum Gasteiger partial charge on any atom is 0.180 e. The molecule has 0 aliphatic carbocycles. The highest BCUT2D eigenvalue weighted by molar-refractivity contribution is 7.07. The number of rotatable bonds is 0. The first kappa shape index (κ1) is 11.1. The van der Waals surface area contributed by atoms with E-state index in [1.54, 1.807) is 41.6 Å². The molecule has 0 saturated carbocycles. The molecule has 0 fully saturated rings. The number of aromatic amines is 1. The Kier molecular flexibility index (Phi) is 6.32. The highest BCUT2D eigenvalue weighted by atomic mass is 32.1. The van der Waals surface area contributed by atoms with E-state index in [1.165, 1.54) is 12.7 Å². The normalized spacial score (nSPS) is 8.00. The van der Waals surface area contributed by atoms with Crippen LogP contribution in [-0.4, -0.2) is 25.4 Å². The Bertz CT molecular complexity index is 255. The maximum atomic E-state index is 4.47. The van der Waals surface area contributed by atoms with Crippen LogP contribution in [-0.2, 0) is 0 Å². The van der Waals surface area contributed by atoms with E-state index >= 15 is 0 Å². The molecule has 0 aromatic carbocycles. The zero-order valence-corrected chi connectivity index (χ0v) is 8.54. The predicted molar refractivity (Wildman–Crippen MR) is 55.0 cm³/mol. The third kappa shape index (κ3) is 7.08. The molecule has 0 aliphatic heterocycles. The molecule has 0 aliphatic rings. The molecule has 0 atom stereocenters. The number of hydrogen-bond acceptors (Lipinski definition) is 6. The molecule has 3 aromatic rings. The molecule has 3 aromatic heterocycles. The molecule has 0 spiro atoms. The van der Waals surface area contributed by atoms with Gasteiger partial charge in [0, 0.05) is 11.6 Å². The summed E-state index contributed by atoms with van der Waals surface area (Å²) in [5, 5.41) is 11.3. The van der Waals surface area contributed by atoms with Crippen LogP contribution in [0.4, 0.5) is 0 Å². The molecule has 3 rings (SSSR count). The Balaban J connectivity index is 0.000000112. The molecular formula is C8H9N5OS. The van der Waals surface area contributed by atoms with Gasteiger partial charge in [-0.05, 0) is 0 Å². The smallest absolute Gasteiger partial charge is 0.180 e. The van der Waals surface area contributed by atoms with Gasteiger partial charge >= 0.3 is 0 Å². The quantitative estimate of drug-likeness (QED) is 0.626. The number of H-pyrrole nitrogens is 1. The lowest BCUT2D eigenvalue weighted by atomic mass is 11.0. The molecular weight excluding hydrogens is 214 g/mol. The fourth-order valence-corrected chi connectivity index (χ4v) is 0.869. The number of nitrogens with one attached hydrogen (secondary N) is 1. The number of hydrogen-bond donors (Lipinski definition) is 1. The third-order valence-electron chi connectivity index (χ3n) is 1.03. The zero-order valence-electron chi connectivity index (χ0n) is 7.72. The minimum absolute atomic E-state index is 1.38.